The molecule has 4 aromatic heterocycles. The van der Waals surface area contributed by atoms with Crippen LogP contribution in [-0.4, -0.2) is 54.4 Å². The van der Waals surface area contributed by atoms with Crippen LogP contribution in [0.1, 0.15) is 59.9 Å². The summed E-state index contributed by atoms with van der Waals surface area (Å²) in [6.45, 7) is 4.67. The first-order valence-corrected chi connectivity index (χ1v) is 11.7. The van der Waals surface area contributed by atoms with Crippen molar-refractivity contribution in [2.45, 2.75) is 45.1 Å². The highest BCUT2D eigenvalue weighted by atomic mass is 19.1. The van der Waals surface area contributed by atoms with E-state index in [1.807, 2.05) is 12.3 Å². The average Bonchev–Trinajstić information content (AvgIpc) is 3.57. The Balaban J connectivity index is 1.36. The zero-order valence-electron chi connectivity index (χ0n) is 18.6. The molecule has 2 aliphatic rings. The average molecular weight is 448 g/mol. The van der Waals surface area contributed by atoms with Crippen molar-refractivity contribution in [2.24, 2.45) is 0 Å². The SMILES string of the molecule is Cc1cn2nc(C3CCCCN3C(=O)c3nc4ccccn4c3F)cc2nc1N1CCCC1. The monoisotopic (exact) mass is 447 g/mol. The molecule has 170 valence electrons. The molecule has 0 radical (unpaired) electrons. The van der Waals surface area contributed by atoms with E-state index in [2.05, 4.69) is 16.8 Å². The van der Waals surface area contributed by atoms with Gasteiger partial charge in [-0.2, -0.15) is 9.49 Å². The molecule has 0 bridgehead atoms. The molecule has 0 saturated carbocycles. The number of aryl methyl sites for hydroxylation is 1. The largest absolute Gasteiger partial charge is 0.356 e. The van der Waals surface area contributed by atoms with Gasteiger partial charge in [0.15, 0.2) is 11.3 Å². The summed E-state index contributed by atoms with van der Waals surface area (Å²) >= 11 is 0. The van der Waals surface area contributed by atoms with Crippen molar-refractivity contribution in [2.75, 3.05) is 24.5 Å². The lowest BCUT2D eigenvalue weighted by Crippen LogP contribution is -2.39. The summed E-state index contributed by atoms with van der Waals surface area (Å²) in [7, 11) is 0. The van der Waals surface area contributed by atoms with Crippen molar-refractivity contribution in [3.63, 3.8) is 0 Å². The van der Waals surface area contributed by atoms with E-state index in [0.717, 1.165) is 55.1 Å². The molecule has 33 heavy (non-hydrogen) atoms. The Labute approximate surface area is 190 Å². The molecule has 8 nitrogen and oxygen atoms in total. The number of carbonyl (C=O) groups excluding carboxylic acids is 1. The van der Waals surface area contributed by atoms with Crippen LogP contribution >= 0.6 is 0 Å². The zero-order chi connectivity index (χ0) is 22.5. The molecule has 0 spiro atoms. The Morgan fingerprint density at radius 3 is 2.70 bits per heavy atom. The van der Waals surface area contributed by atoms with Crippen molar-refractivity contribution in [1.82, 2.24) is 28.9 Å². The van der Waals surface area contributed by atoms with Gasteiger partial charge < -0.3 is 9.80 Å². The second-order valence-corrected chi connectivity index (χ2v) is 9.00. The summed E-state index contributed by atoms with van der Waals surface area (Å²) < 4.78 is 18.1. The molecule has 6 rings (SSSR count). The highest BCUT2D eigenvalue weighted by Gasteiger charge is 2.34. The fourth-order valence-corrected chi connectivity index (χ4v) is 5.15. The summed E-state index contributed by atoms with van der Waals surface area (Å²) in [5, 5.41) is 4.78. The molecule has 1 unspecified atom stereocenters. The summed E-state index contributed by atoms with van der Waals surface area (Å²) in [6, 6.07) is 6.93. The van der Waals surface area contributed by atoms with E-state index in [1.165, 1.54) is 17.2 Å². The Hall–Kier alpha value is -3.49. The van der Waals surface area contributed by atoms with Crippen molar-refractivity contribution in [3.8, 4) is 0 Å². The summed E-state index contributed by atoms with van der Waals surface area (Å²) in [6.07, 6.45) is 8.61. The number of carbonyl (C=O) groups is 1. The number of likely N-dealkylation sites (tertiary alicyclic amines) is 1. The van der Waals surface area contributed by atoms with Gasteiger partial charge in [-0.05, 0) is 51.2 Å². The van der Waals surface area contributed by atoms with E-state index in [-0.39, 0.29) is 17.6 Å². The predicted octanol–water partition coefficient (Wildman–Crippen LogP) is 3.79. The maximum atomic E-state index is 15.0. The number of hydrogen-bond acceptors (Lipinski definition) is 5. The molecule has 2 saturated heterocycles. The molecule has 0 N–H and O–H groups in total. The van der Waals surface area contributed by atoms with Crippen molar-refractivity contribution in [1.29, 1.82) is 0 Å². The van der Waals surface area contributed by atoms with Crippen LogP contribution in [0.5, 0.6) is 0 Å². The van der Waals surface area contributed by atoms with Crippen LogP contribution in [0.15, 0.2) is 36.7 Å². The fourth-order valence-electron chi connectivity index (χ4n) is 5.15. The zero-order valence-corrected chi connectivity index (χ0v) is 18.6. The molecular formula is C24H26FN7O. The summed E-state index contributed by atoms with van der Waals surface area (Å²) in [4.78, 5) is 26.6. The molecule has 9 heteroatoms. The molecule has 6 heterocycles. The van der Waals surface area contributed by atoms with Gasteiger partial charge in [-0.25, -0.2) is 14.5 Å². The molecule has 2 fully saturated rings. The van der Waals surface area contributed by atoms with E-state index in [4.69, 9.17) is 10.1 Å². The first-order valence-electron chi connectivity index (χ1n) is 11.7. The first kappa shape index (κ1) is 20.1. The number of rotatable bonds is 3. The highest BCUT2D eigenvalue weighted by Crippen LogP contribution is 2.33. The van der Waals surface area contributed by atoms with Gasteiger partial charge in [0.1, 0.15) is 11.5 Å². The van der Waals surface area contributed by atoms with Gasteiger partial charge in [0.05, 0.1) is 11.7 Å². The number of pyridine rings is 1. The van der Waals surface area contributed by atoms with Gasteiger partial charge in [0, 0.05) is 43.7 Å². The summed E-state index contributed by atoms with van der Waals surface area (Å²) in [5.74, 6) is -0.00267. The number of aromatic nitrogens is 5. The highest BCUT2D eigenvalue weighted by molar-refractivity contribution is 5.93. The minimum absolute atomic E-state index is 0.137. The fraction of sp³-hybridized carbons (Fsp3) is 0.417. The third-order valence-electron chi connectivity index (χ3n) is 6.81. The Kier molecular flexibility index (Phi) is 4.78. The lowest BCUT2D eigenvalue weighted by Gasteiger charge is -2.34. The molecular weight excluding hydrogens is 421 g/mol. The topological polar surface area (TPSA) is 71.0 Å². The minimum atomic E-state index is -0.623. The second-order valence-electron chi connectivity index (χ2n) is 9.00. The van der Waals surface area contributed by atoms with Crippen LogP contribution in [-0.2, 0) is 0 Å². The van der Waals surface area contributed by atoms with Gasteiger partial charge in [0.25, 0.3) is 5.91 Å². The van der Waals surface area contributed by atoms with Crippen LogP contribution in [0.4, 0.5) is 10.2 Å². The number of nitrogens with zero attached hydrogens (tertiary/aromatic N) is 7. The molecule has 1 amide bonds. The molecule has 1 atom stereocenters. The lowest BCUT2D eigenvalue weighted by molar-refractivity contribution is 0.0594. The quantitative estimate of drug-likeness (QED) is 0.478. The van der Waals surface area contributed by atoms with E-state index in [1.54, 1.807) is 33.8 Å². The standard InChI is InChI=1S/C24H26FN7O/c1-16-15-32-20(27-23(16)29-10-6-7-11-29)14-17(28-32)18-8-2-4-12-30(18)24(33)21-22(25)31-13-5-3-9-19(31)26-21/h3,5,9,13-15,18H,2,4,6-8,10-12H2,1H3. The maximum Gasteiger partial charge on any atom is 0.277 e. The van der Waals surface area contributed by atoms with Gasteiger partial charge in [0.2, 0.25) is 5.95 Å². The lowest BCUT2D eigenvalue weighted by atomic mass is 9.99. The predicted molar refractivity (Wildman–Crippen MR) is 122 cm³/mol. The third-order valence-corrected chi connectivity index (χ3v) is 6.81. The van der Waals surface area contributed by atoms with Gasteiger partial charge in [-0.3, -0.25) is 9.20 Å². The Bertz CT molecular complexity index is 1350. The van der Waals surface area contributed by atoms with Gasteiger partial charge in [-0.15, -0.1) is 0 Å². The minimum Gasteiger partial charge on any atom is -0.356 e. The van der Waals surface area contributed by atoms with Crippen LogP contribution in [0, 0.1) is 12.9 Å². The molecule has 0 aliphatic carbocycles. The number of anilines is 1. The number of halogens is 1. The number of amides is 1. The smallest absolute Gasteiger partial charge is 0.277 e. The van der Waals surface area contributed by atoms with Crippen LogP contribution < -0.4 is 4.90 Å². The number of piperidine rings is 1. The number of fused-ring (bicyclic) bond motifs is 2. The number of hydrogen-bond donors (Lipinski definition) is 0. The van der Waals surface area contributed by atoms with E-state index in [0.29, 0.717) is 12.2 Å². The van der Waals surface area contributed by atoms with E-state index < -0.39 is 5.95 Å². The van der Waals surface area contributed by atoms with Gasteiger partial charge >= 0.3 is 0 Å². The summed E-state index contributed by atoms with van der Waals surface area (Å²) in [5.41, 5.74) is 2.94. The van der Waals surface area contributed by atoms with E-state index in [9.17, 15) is 9.18 Å². The van der Waals surface area contributed by atoms with E-state index >= 15 is 0 Å². The number of imidazole rings is 1. The van der Waals surface area contributed by atoms with Crippen LogP contribution in [0.2, 0.25) is 0 Å². The first-order chi connectivity index (χ1) is 16.1. The molecule has 2 aliphatic heterocycles. The Morgan fingerprint density at radius 2 is 1.88 bits per heavy atom. The second kappa shape index (κ2) is 7.83. The normalized spacial score (nSPS) is 19.2. The molecule has 0 aromatic carbocycles. The Morgan fingerprint density at radius 1 is 1.06 bits per heavy atom. The van der Waals surface area contributed by atoms with Crippen molar-refractivity contribution >= 4 is 23.0 Å². The maximum absolute atomic E-state index is 15.0. The molecule has 4 aromatic rings. The van der Waals surface area contributed by atoms with Crippen molar-refractivity contribution in [3.05, 3.63) is 59.6 Å². The van der Waals surface area contributed by atoms with Crippen molar-refractivity contribution < 1.29 is 9.18 Å². The third kappa shape index (κ3) is 3.34. The van der Waals surface area contributed by atoms with Crippen LogP contribution in [0.25, 0.3) is 11.3 Å². The van der Waals surface area contributed by atoms with Crippen LogP contribution in [0.3, 0.4) is 0 Å². The van der Waals surface area contributed by atoms with Gasteiger partial charge in [-0.1, -0.05) is 6.07 Å².